The molecule has 144 valence electrons. The van der Waals surface area contributed by atoms with Crippen LogP contribution < -0.4 is 11.2 Å². The van der Waals surface area contributed by atoms with Gasteiger partial charge in [-0.25, -0.2) is 4.79 Å². The number of nitro groups is 2. The molecule has 2 heterocycles. The number of aryl methyl sites for hydroxylation is 2. The van der Waals surface area contributed by atoms with E-state index in [0.29, 0.717) is 11.0 Å². The maximum Gasteiger partial charge on any atom is 0.395 e. The van der Waals surface area contributed by atoms with Gasteiger partial charge in [0, 0.05) is 20.2 Å². The van der Waals surface area contributed by atoms with Gasteiger partial charge in [-0.1, -0.05) is 0 Å². The SMILES string of the molecule is Cn1c(=O)n(C)c2cc([N+](=O)[O-])c(/C=C/c3nc(O)c([N+](=O)[O-])c(=O)[nH]3)cc21. The fourth-order valence-electron chi connectivity index (χ4n) is 2.73. The minimum atomic E-state index is -1.17. The molecular formula is C15H12N6O7. The Labute approximate surface area is 154 Å². The van der Waals surface area contributed by atoms with Crippen molar-refractivity contribution in [1.82, 2.24) is 19.1 Å². The number of aromatic hydroxyl groups is 1. The van der Waals surface area contributed by atoms with Crippen LogP contribution in [0.25, 0.3) is 23.2 Å². The Hall–Kier alpha value is -4.29. The number of imidazole rings is 1. The van der Waals surface area contributed by atoms with Gasteiger partial charge in [0.25, 0.3) is 11.6 Å². The van der Waals surface area contributed by atoms with Crippen molar-refractivity contribution in [2.24, 2.45) is 14.1 Å². The van der Waals surface area contributed by atoms with Gasteiger partial charge < -0.3 is 10.1 Å². The van der Waals surface area contributed by atoms with Crippen LogP contribution >= 0.6 is 0 Å². The summed E-state index contributed by atoms with van der Waals surface area (Å²) in [5.74, 6) is -1.33. The summed E-state index contributed by atoms with van der Waals surface area (Å²) < 4.78 is 2.58. The van der Waals surface area contributed by atoms with E-state index in [9.17, 15) is 34.9 Å². The van der Waals surface area contributed by atoms with Crippen LogP contribution in [0.15, 0.2) is 21.7 Å². The van der Waals surface area contributed by atoms with Crippen molar-refractivity contribution in [3.05, 3.63) is 64.6 Å². The van der Waals surface area contributed by atoms with Crippen molar-refractivity contribution in [3.63, 3.8) is 0 Å². The van der Waals surface area contributed by atoms with Crippen LogP contribution in [0.4, 0.5) is 11.4 Å². The van der Waals surface area contributed by atoms with E-state index in [0.717, 1.165) is 6.08 Å². The molecule has 0 aliphatic carbocycles. The van der Waals surface area contributed by atoms with Crippen molar-refractivity contribution >= 4 is 34.6 Å². The highest BCUT2D eigenvalue weighted by Gasteiger charge is 2.22. The zero-order valence-electron chi connectivity index (χ0n) is 14.4. The number of nitro benzene ring substituents is 1. The maximum absolute atomic E-state index is 12.0. The quantitative estimate of drug-likeness (QED) is 0.483. The summed E-state index contributed by atoms with van der Waals surface area (Å²) in [7, 11) is 3.00. The molecule has 0 atom stereocenters. The van der Waals surface area contributed by atoms with E-state index >= 15 is 0 Å². The van der Waals surface area contributed by atoms with Crippen molar-refractivity contribution in [2.45, 2.75) is 0 Å². The van der Waals surface area contributed by atoms with Crippen LogP contribution in [0.3, 0.4) is 0 Å². The van der Waals surface area contributed by atoms with Crippen molar-refractivity contribution in [2.75, 3.05) is 0 Å². The van der Waals surface area contributed by atoms with Crippen LogP contribution in [0.5, 0.6) is 5.88 Å². The summed E-state index contributed by atoms with van der Waals surface area (Å²) in [6.45, 7) is 0. The van der Waals surface area contributed by atoms with Gasteiger partial charge in [-0.05, 0) is 18.2 Å². The molecule has 0 aliphatic rings. The summed E-state index contributed by atoms with van der Waals surface area (Å²) in [6.07, 6.45) is 2.37. The average molecular weight is 388 g/mol. The van der Waals surface area contributed by atoms with Gasteiger partial charge in [-0.15, -0.1) is 0 Å². The van der Waals surface area contributed by atoms with Crippen molar-refractivity contribution < 1.29 is 15.0 Å². The first-order chi connectivity index (χ1) is 13.1. The summed E-state index contributed by atoms with van der Waals surface area (Å²) in [5.41, 5.74) is -2.06. The molecule has 0 saturated heterocycles. The lowest BCUT2D eigenvalue weighted by Gasteiger charge is -2.01. The third-order valence-corrected chi connectivity index (χ3v) is 4.12. The van der Waals surface area contributed by atoms with Crippen LogP contribution in [0.1, 0.15) is 11.4 Å². The second-order valence-corrected chi connectivity index (χ2v) is 5.77. The number of hydrogen-bond acceptors (Lipinski definition) is 8. The van der Waals surface area contributed by atoms with E-state index < -0.39 is 27.0 Å². The first-order valence-corrected chi connectivity index (χ1v) is 7.61. The fraction of sp³-hybridized carbons (Fsp3) is 0.133. The highest BCUT2D eigenvalue weighted by molar-refractivity contribution is 5.86. The molecule has 0 saturated carbocycles. The maximum atomic E-state index is 12.0. The number of hydrogen-bond donors (Lipinski definition) is 2. The number of nitrogens with zero attached hydrogens (tertiary/aromatic N) is 5. The highest BCUT2D eigenvalue weighted by Crippen LogP contribution is 2.27. The molecule has 0 unspecified atom stereocenters. The van der Waals surface area contributed by atoms with Crippen molar-refractivity contribution in [1.29, 1.82) is 0 Å². The largest absolute Gasteiger partial charge is 0.488 e. The van der Waals surface area contributed by atoms with Gasteiger partial charge >= 0.3 is 16.9 Å². The number of aromatic nitrogens is 4. The normalized spacial score (nSPS) is 11.4. The molecule has 0 bridgehead atoms. The first-order valence-electron chi connectivity index (χ1n) is 7.61. The molecule has 3 aromatic rings. The van der Waals surface area contributed by atoms with Crippen LogP contribution in [0, 0.1) is 20.2 Å². The smallest absolute Gasteiger partial charge is 0.395 e. The Morgan fingerprint density at radius 2 is 1.68 bits per heavy atom. The second-order valence-electron chi connectivity index (χ2n) is 5.77. The standard InChI is InChI=1S/C15H12N6O7/c1-18-9-5-7(8(20(25)26)6-10(9)19(2)15(18)24)3-4-11-16-13(22)12(21(27)28)14(23)17-11/h3-6H,1-2H3,(H2,16,17,22,23)/b4-3+. The van der Waals surface area contributed by atoms with Gasteiger partial charge in [0.1, 0.15) is 5.82 Å². The Balaban J connectivity index is 2.16. The molecule has 13 heteroatoms. The number of fused-ring (bicyclic) bond motifs is 1. The molecule has 2 aromatic heterocycles. The number of rotatable bonds is 4. The molecule has 0 amide bonds. The number of H-pyrrole nitrogens is 1. The first kappa shape index (κ1) is 18.5. The van der Waals surface area contributed by atoms with Gasteiger partial charge in [0.15, 0.2) is 0 Å². The molecule has 0 spiro atoms. The van der Waals surface area contributed by atoms with E-state index in [1.165, 1.54) is 41.4 Å². The van der Waals surface area contributed by atoms with Gasteiger partial charge in [-0.2, -0.15) is 4.98 Å². The Kier molecular flexibility index (Phi) is 4.27. The molecule has 0 aliphatic heterocycles. The summed E-state index contributed by atoms with van der Waals surface area (Å²) in [4.78, 5) is 49.7. The fourth-order valence-corrected chi connectivity index (χ4v) is 2.73. The van der Waals surface area contributed by atoms with E-state index in [-0.39, 0.29) is 22.8 Å². The van der Waals surface area contributed by atoms with Gasteiger partial charge in [0.05, 0.1) is 26.4 Å². The zero-order valence-corrected chi connectivity index (χ0v) is 14.4. The molecule has 2 N–H and O–H groups in total. The second kappa shape index (κ2) is 6.46. The summed E-state index contributed by atoms with van der Waals surface area (Å²) >= 11 is 0. The lowest BCUT2D eigenvalue weighted by molar-refractivity contribution is -0.387. The monoisotopic (exact) mass is 388 g/mol. The Morgan fingerprint density at radius 3 is 2.21 bits per heavy atom. The number of nitrogens with one attached hydrogen (secondary N) is 1. The van der Waals surface area contributed by atoms with E-state index in [2.05, 4.69) is 9.97 Å². The highest BCUT2D eigenvalue weighted by atomic mass is 16.6. The summed E-state index contributed by atoms with van der Waals surface area (Å²) in [5, 5.41) is 31.6. The molecule has 0 radical (unpaired) electrons. The Bertz CT molecular complexity index is 1300. The van der Waals surface area contributed by atoms with Crippen molar-refractivity contribution in [3.8, 4) is 5.88 Å². The number of aromatic amines is 1. The predicted octanol–water partition coefficient (Wildman–Crippen LogP) is 0.653. The van der Waals surface area contributed by atoms with Crippen LogP contribution in [-0.4, -0.2) is 34.1 Å². The van der Waals surface area contributed by atoms with E-state index in [4.69, 9.17) is 0 Å². The topological polar surface area (TPSA) is 179 Å². The molecule has 3 rings (SSSR count). The minimum absolute atomic E-state index is 0.0965. The van der Waals surface area contributed by atoms with Crippen LogP contribution in [-0.2, 0) is 14.1 Å². The van der Waals surface area contributed by atoms with E-state index in [1.807, 2.05) is 0 Å². The van der Waals surface area contributed by atoms with Gasteiger partial charge in [0.2, 0.25) is 0 Å². The molecule has 28 heavy (non-hydrogen) atoms. The number of benzene rings is 1. The molecule has 13 nitrogen and oxygen atoms in total. The zero-order chi connectivity index (χ0) is 20.7. The van der Waals surface area contributed by atoms with Crippen LogP contribution in [0.2, 0.25) is 0 Å². The predicted molar refractivity (Wildman–Crippen MR) is 96.9 cm³/mol. The van der Waals surface area contributed by atoms with Gasteiger partial charge in [-0.3, -0.25) is 34.2 Å². The molecular weight excluding hydrogens is 376 g/mol. The Morgan fingerprint density at radius 1 is 1.07 bits per heavy atom. The third-order valence-electron chi connectivity index (χ3n) is 4.12. The summed E-state index contributed by atoms with van der Waals surface area (Å²) in [6, 6.07) is 2.65. The lowest BCUT2D eigenvalue weighted by atomic mass is 10.1. The molecule has 1 aromatic carbocycles. The average Bonchev–Trinajstić information content (AvgIpc) is 2.82. The molecule has 0 fully saturated rings. The minimum Gasteiger partial charge on any atom is -0.488 e. The third kappa shape index (κ3) is 2.90. The lowest BCUT2D eigenvalue weighted by Crippen LogP contribution is -2.19. The van der Waals surface area contributed by atoms with E-state index in [1.54, 1.807) is 0 Å².